The Hall–Kier alpha value is -1.00. The Morgan fingerprint density at radius 1 is 1.19 bits per heavy atom. The van der Waals surface area contributed by atoms with Crippen molar-refractivity contribution in [2.45, 2.75) is 22.6 Å². The van der Waals surface area contributed by atoms with Crippen molar-refractivity contribution in [3.63, 3.8) is 0 Å². The van der Waals surface area contributed by atoms with Crippen LogP contribution >= 0.6 is 0 Å². The Morgan fingerprint density at radius 2 is 1.86 bits per heavy atom. The maximum absolute atomic E-state index is 12.2. The van der Waals surface area contributed by atoms with Gasteiger partial charge in [0.25, 0.3) is 0 Å². The fourth-order valence-corrected chi connectivity index (χ4v) is 4.62. The normalized spacial score (nSPS) is 19.8. The Kier molecular flexibility index (Phi) is 4.99. The van der Waals surface area contributed by atoms with Gasteiger partial charge in [0.05, 0.1) is 0 Å². The summed E-state index contributed by atoms with van der Waals surface area (Å²) in [6, 6.07) is 5.28. The van der Waals surface area contributed by atoms with Crippen molar-refractivity contribution in [2.24, 2.45) is 11.1 Å². The number of ether oxygens (including phenoxy) is 1. The molecule has 1 aliphatic rings. The lowest BCUT2D eigenvalue weighted by Gasteiger charge is -2.11. The molecular formula is C12H18N2O5S2. The third-order valence-corrected chi connectivity index (χ3v) is 5.93. The van der Waals surface area contributed by atoms with E-state index in [1.165, 1.54) is 24.3 Å². The summed E-state index contributed by atoms with van der Waals surface area (Å²) < 4.78 is 55.0. The van der Waals surface area contributed by atoms with Gasteiger partial charge in [0.2, 0.25) is 20.0 Å². The molecule has 0 spiro atoms. The summed E-state index contributed by atoms with van der Waals surface area (Å²) in [5, 5.41) is 5.05. The molecule has 21 heavy (non-hydrogen) atoms. The fourth-order valence-electron chi connectivity index (χ4n) is 2.19. The quantitative estimate of drug-likeness (QED) is 0.762. The fraction of sp³-hybridized carbons (Fsp3) is 0.500. The molecule has 0 radical (unpaired) electrons. The van der Waals surface area contributed by atoms with Gasteiger partial charge < -0.3 is 4.74 Å². The van der Waals surface area contributed by atoms with Crippen LogP contribution in [0.3, 0.4) is 0 Å². The third kappa shape index (κ3) is 4.24. The van der Waals surface area contributed by atoms with Crippen LogP contribution in [0.5, 0.6) is 0 Å². The number of nitrogens with two attached hydrogens (primary N) is 1. The molecule has 1 aromatic rings. The summed E-state index contributed by atoms with van der Waals surface area (Å²) in [6.07, 6.45) is 1.56. The van der Waals surface area contributed by atoms with Crippen molar-refractivity contribution in [1.82, 2.24) is 4.72 Å². The second-order valence-electron chi connectivity index (χ2n) is 4.91. The van der Waals surface area contributed by atoms with Crippen LogP contribution < -0.4 is 9.86 Å². The molecule has 0 aromatic heterocycles. The summed E-state index contributed by atoms with van der Waals surface area (Å²) in [5.74, 6) is 0.334. The molecule has 0 aliphatic carbocycles. The van der Waals surface area contributed by atoms with Gasteiger partial charge in [0, 0.05) is 19.8 Å². The number of primary sulfonamides is 1. The van der Waals surface area contributed by atoms with E-state index in [1.54, 1.807) is 0 Å². The zero-order valence-electron chi connectivity index (χ0n) is 11.4. The first-order chi connectivity index (χ1) is 9.81. The number of hydrogen-bond acceptors (Lipinski definition) is 5. The molecule has 1 unspecified atom stereocenters. The first kappa shape index (κ1) is 16.4. The lowest BCUT2D eigenvalue weighted by atomic mass is 10.1. The molecule has 118 valence electrons. The van der Waals surface area contributed by atoms with E-state index in [-0.39, 0.29) is 11.4 Å². The summed E-state index contributed by atoms with van der Waals surface area (Å²) >= 11 is 0. The van der Waals surface area contributed by atoms with Crippen molar-refractivity contribution < 1.29 is 21.6 Å². The van der Waals surface area contributed by atoms with Crippen LogP contribution in [-0.2, 0) is 24.8 Å². The summed E-state index contributed by atoms with van der Waals surface area (Å²) in [4.78, 5) is -0.725. The van der Waals surface area contributed by atoms with Crippen LogP contribution in [0.2, 0.25) is 0 Å². The Bertz CT molecular complexity index is 694. The summed E-state index contributed by atoms with van der Waals surface area (Å²) in [5.41, 5.74) is 0. The van der Waals surface area contributed by atoms with E-state index in [4.69, 9.17) is 9.88 Å². The van der Waals surface area contributed by atoms with Crippen LogP contribution in [-0.4, -0.2) is 36.6 Å². The van der Waals surface area contributed by atoms with Crippen molar-refractivity contribution in [3.8, 4) is 0 Å². The van der Waals surface area contributed by atoms with Crippen LogP contribution in [0.4, 0.5) is 0 Å². The standard InChI is InChI=1S/C12H18N2O5S2/c13-20(15,16)11-3-1-2-4-12(11)21(17,18)14-7-5-10-6-8-19-9-10/h1-4,10,14H,5-9H2,(H2,13,15,16). The lowest BCUT2D eigenvalue weighted by molar-refractivity contribution is 0.184. The number of sulfonamides is 2. The maximum Gasteiger partial charge on any atom is 0.241 e. The van der Waals surface area contributed by atoms with Crippen molar-refractivity contribution >= 4 is 20.0 Å². The predicted octanol–water partition coefficient (Wildman–Crippen LogP) is 0.0389. The van der Waals surface area contributed by atoms with E-state index in [0.717, 1.165) is 6.42 Å². The molecule has 1 atom stereocenters. The number of nitrogens with one attached hydrogen (secondary N) is 1. The molecule has 0 amide bonds. The van der Waals surface area contributed by atoms with Crippen molar-refractivity contribution in [3.05, 3.63) is 24.3 Å². The van der Waals surface area contributed by atoms with Crippen molar-refractivity contribution in [1.29, 1.82) is 0 Å². The molecule has 9 heteroatoms. The molecule has 1 saturated heterocycles. The number of hydrogen-bond donors (Lipinski definition) is 2. The zero-order chi connectivity index (χ0) is 15.5. The van der Waals surface area contributed by atoms with Crippen LogP contribution in [0.15, 0.2) is 34.1 Å². The molecule has 7 nitrogen and oxygen atoms in total. The Morgan fingerprint density at radius 3 is 2.43 bits per heavy atom. The van der Waals surface area contributed by atoms with Crippen LogP contribution in [0.25, 0.3) is 0 Å². The van der Waals surface area contributed by atoms with Gasteiger partial charge in [-0.25, -0.2) is 26.7 Å². The van der Waals surface area contributed by atoms with E-state index in [9.17, 15) is 16.8 Å². The Labute approximate surface area is 124 Å². The van der Waals surface area contributed by atoms with Gasteiger partial charge in [-0.3, -0.25) is 0 Å². The lowest BCUT2D eigenvalue weighted by Crippen LogP contribution is -2.28. The molecule has 1 aliphatic heterocycles. The molecular weight excluding hydrogens is 316 g/mol. The molecule has 1 fully saturated rings. The Balaban J connectivity index is 2.12. The molecule has 0 bridgehead atoms. The highest BCUT2D eigenvalue weighted by Crippen LogP contribution is 2.20. The van der Waals surface area contributed by atoms with Gasteiger partial charge >= 0.3 is 0 Å². The average molecular weight is 334 g/mol. The first-order valence-corrected chi connectivity index (χ1v) is 9.53. The van der Waals surface area contributed by atoms with E-state index in [0.29, 0.717) is 25.6 Å². The molecule has 1 aromatic carbocycles. The minimum absolute atomic E-state index is 0.231. The number of rotatable bonds is 6. The molecule has 2 rings (SSSR count). The molecule has 3 N–H and O–H groups in total. The highest BCUT2D eigenvalue weighted by Gasteiger charge is 2.24. The zero-order valence-corrected chi connectivity index (χ0v) is 13.0. The van der Waals surface area contributed by atoms with Crippen molar-refractivity contribution in [2.75, 3.05) is 19.8 Å². The maximum atomic E-state index is 12.2. The SMILES string of the molecule is NS(=O)(=O)c1ccccc1S(=O)(=O)NCCC1CCOC1. The molecule has 1 heterocycles. The smallest absolute Gasteiger partial charge is 0.241 e. The first-order valence-electron chi connectivity index (χ1n) is 6.50. The average Bonchev–Trinajstić information content (AvgIpc) is 2.91. The van der Waals surface area contributed by atoms with Gasteiger partial charge in [0.1, 0.15) is 9.79 Å². The van der Waals surface area contributed by atoms with E-state index in [2.05, 4.69) is 4.72 Å². The van der Waals surface area contributed by atoms with Crippen LogP contribution in [0.1, 0.15) is 12.8 Å². The monoisotopic (exact) mass is 334 g/mol. The van der Waals surface area contributed by atoms with E-state index < -0.39 is 24.9 Å². The summed E-state index contributed by atoms with van der Waals surface area (Å²) in [6.45, 7) is 1.57. The van der Waals surface area contributed by atoms with Gasteiger partial charge in [0.15, 0.2) is 0 Å². The number of benzene rings is 1. The largest absolute Gasteiger partial charge is 0.381 e. The highest BCUT2D eigenvalue weighted by molar-refractivity contribution is 7.92. The minimum Gasteiger partial charge on any atom is -0.381 e. The molecule has 0 saturated carbocycles. The predicted molar refractivity (Wildman–Crippen MR) is 76.5 cm³/mol. The van der Waals surface area contributed by atoms with Gasteiger partial charge in [-0.05, 0) is 30.9 Å². The van der Waals surface area contributed by atoms with Gasteiger partial charge in [-0.1, -0.05) is 12.1 Å². The van der Waals surface area contributed by atoms with Gasteiger partial charge in [-0.2, -0.15) is 0 Å². The minimum atomic E-state index is -4.10. The van der Waals surface area contributed by atoms with Crippen LogP contribution in [0, 0.1) is 5.92 Å². The topological polar surface area (TPSA) is 116 Å². The van der Waals surface area contributed by atoms with Gasteiger partial charge in [-0.15, -0.1) is 0 Å². The van der Waals surface area contributed by atoms with E-state index in [1.807, 2.05) is 0 Å². The third-order valence-electron chi connectivity index (χ3n) is 3.31. The highest BCUT2D eigenvalue weighted by atomic mass is 32.2. The van der Waals surface area contributed by atoms with E-state index >= 15 is 0 Å². The second-order valence-corrected chi connectivity index (χ2v) is 8.17. The summed E-state index contributed by atoms with van der Waals surface area (Å²) in [7, 11) is -8.01. The second kappa shape index (κ2) is 6.41.